The molecule has 1 unspecified atom stereocenters. The topological polar surface area (TPSA) is 80.9 Å². The molecular formula is C24H25N3O3. The molecule has 2 aliphatic rings. The first-order valence-electron chi connectivity index (χ1n) is 10.1. The molecule has 6 heteroatoms. The first-order chi connectivity index (χ1) is 14.5. The lowest BCUT2D eigenvalue weighted by Crippen LogP contribution is -3.12. The van der Waals surface area contributed by atoms with Crippen molar-refractivity contribution in [3.05, 3.63) is 89.1 Å². The van der Waals surface area contributed by atoms with E-state index in [9.17, 15) is 9.90 Å². The number of fused-ring (bicyclic) bond motifs is 5. The van der Waals surface area contributed by atoms with E-state index in [1.54, 1.807) is 4.90 Å². The summed E-state index contributed by atoms with van der Waals surface area (Å²) in [6.45, 7) is 3.44. The number of hydrogen-bond acceptors (Lipinski definition) is 4. The number of piperazine rings is 1. The predicted molar refractivity (Wildman–Crippen MR) is 113 cm³/mol. The number of rotatable bonds is 1. The highest BCUT2D eigenvalue weighted by Gasteiger charge is 2.34. The Kier molecular flexibility index (Phi) is 5.68. The van der Waals surface area contributed by atoms with E-state index in [2.05, 4.69) is 53.3 Å². The average Bonchev–Trinajstić information content (AvgIpc) is 2.88. The van der Waals surface area contributed by atoms with Crippen molar-refractivity contribution in [1.82, 2.24) is 4.98 Å². The number of likely N-dealkylation sites (N-methyl/N-ethyl adjacent to an activating group) is 1. The normalized spacial score (nSPS) is 19.3. The smallest absolute Gasteiger partial charge is 0.335 e. The van der Waals surface area contributed by atoms with Gasteiger partial charge in [-0.15, -0.1) is 0 Å². The minimum absolute atomic E-state index is 0.178. The standard InChI is InChI=1S/C17H19N3.C7H6O3/c1-19-9-10-20-16(12-19)15-7-3-2-5-13(15)11-14-6-4-8-18-17(14)20;8-6-4-2-1-3-5(6)7(9)10/h2-8,16H,9-12H2,1H3;1-4,8H,(H,9,10)/t16-;/m1./s1. The fourth-order valence-corrected chi connectivity index (χ4v) is 4.24. The zero-order valence-electron chi connectivity index (χ0n) is 16.9. The lowest BCUT2D eigenvalue weighted by molar-refractivity contribution is -0.883. The number of benzene rings is 2. The fraction of sp³-hybridized carbons (Fsp3) is 0.250. The second kappa shape index (κ2) is 8.55. The number of carbonyl (C=O) groups is 1. The van der Waals surface area contributed by atoms with Gasteiger partial charge in [-0.3, -0.25) is 0 Å². The maximum absolute atomic E-state index is 10.7. The number of hydrogen-bond donors (Lipinski definition) is 2. The number of carboxylic acid groups (broad SMARTS) is 1. The van der Waals surface area contributed by atoms with Gasteiger partial charge in [0.2, 0.25) is 0 Å². The van der Waals surface area contributed by atoms with Gasteiger partial charge in [0, 0.05) is 12.6 Å². The van der Waals surface area contributed by atoms with Gasteiger partial charge >= 0.3 is 5.97 Å². The quantitative estimate of drug-likeness (QED) is 0.644. The molecule has 0 saturated carbocycles. The number of anilines is 1. The number of nitrogens with one attached hydrogen (secondary N) is 1. The molecule has 5 rings (SSSR count). The van der Waals surface area contributed by atoms with Crippen LogP contribution in [0.2, 0.25) is 0 Å². The van der Waals surface area contributed by atoms with Crippen molar-refractivity contribution in [1.29, 1.82) is 0 Å². The van der Waals surface area contributed by atoms with Crippen molar-refractivity contribution in [2.45, 2.75) is 12.5 Å². The van der Waals surface area contributed by atoms with Crippen LogP contribution in [0.1, 0.15) is 33.1 Å². The summed E-state index contributed by atoms with van der Waals surface area (Å²) in [5.74, 6) is -0.429. The average molecular weight is 403 g/mol. The van der Waals surface area contributed by atoms with Crippen LogP contribution in [0.25, 0.3) is 0 Å². The molecule has 2 N–H and O–H groups in total. The Morgan fingerprint density at radius 1 is 1.10 bits per heavy atom. The van der Waals surface area contributed by atoms with Crippen LogP contribution in [0.3, 0.4) is 0 Å². The van der Waals surface area contributed by atoms with E-state index in [0.29, 0.717) is 6.04 Å². The number of nitrogens with zero attached hydrogens (tertiary/aromatic N) is 2. The molecule has 2 aromatic carbocycles. The number of carboxylic acids is 1. The lowest BCUT2D eigenvalue weighted by Gasteiger charge is -2.38. The maximum atomic E-state index is 10.7. The molecule has 0 spiro atoms. The maximum Gasteiger partial charge on any atom is 0.335 e. The van der Waals surface area contributed by atoms with Gasteiger partial charge in [0.25, 0.3) is 0 Å². The van der Waals surface area contributed by atoms with Gasteiger partial charge in [0.1, 0.15) is 18.4 Å². The van der Waals surface area contributed by atoms with Gasteiger partial charge in [-0.1, -0.05) is 54.3 Å². The van der Waals surface area contributed by atoms with E-state index >= 15 is 0 Å². The third kappa shape index (κ3) is 4.00. The van der Waals surface area contributed by atoms with E-state index in [4.69, 9.17) is 5.11 Å². The molecule has 0 radical (unpaired) electrons. The SMILES string of the molecule is C[NH+]1CCN2c3ncccc3Cc3ccccc3[C@H]2C1.O=C(O)c1ccccc1[O-]. The Bertz CT molecular complexity index is 1050. The van der Waals surface area contributed by atoms with E-state index in [-0.39, 0.29) is 5.56 Å². The van der Waals surface area contributed by atoms with Crippen molar-refractivity contribution in [2.24, 2.45) is 0 Å². The summed E-state index contributed by atoms with van der Waals surface area (Å²) >= 11 is 0. The van der Waals surface area contributed by atoms with E-state index < -0.39 is 11.7 Å². The van der Waals surface area contributed by atoms with Crippen LogP contribution in [0.5, 0.6) is 5.75 Å². The molecule has 3 aromatic rings. The fourth-order valence-electron chi connectivity index (χ4n) is 4.24. The number of aromatic carboxylic acids is 1. The van der Waals surface area contributed by atoms with Crippen LogP contribution < -0.4 is 14.9 Å². The van der Waals surface area contributed by atoms with Gasteiger partial charge in [0.15, 0.2) is 0 Å². The Hall–Kier alpha value is -3.38. The third-order valence-electron chi connectivity index (χ3n) is 5.75. The lowest BCUT2D eigenvalue weighted by atomic mass is 9.96. The van der Waals surface area contributed by atoms with Crippen molar-refractivity contribution in [3.63, 3.8) is 0 Å². The summed E-state index contributed by atoms with van der Waals surface area (Å²) in [5.41, 5.74) is 4.14. The van der Waals surface area contributed by atoms with Gasteiger partial charge in [-0.2, -0.15) is 0 Å². The number of para-hydroxylation sites is 1. The Morgan fingerprint density at radius 2 is 1.83 bits per heavy atom. The van der Waals surface area contributed by atoms with Crippen LogP contribution in [0, 0.1) is 0 Å². The number of aromatic nitrogens is 1. The largest absolute Gasteiger partial charge is 0.872 e. The zero-order chi connectivity index (χ0) is 21.1. The summed E-state index contributed by atoms with van der Waals surface area (Å²) in [6.07, 6.45) is 2.93. The minimum Gasteiger partial charge on any atom is -0.872 e. The van der Waals surface area contributed by atoms with Crippen molar-refractivity contribution in [3.8, 4) is 5.75 Å². The van der Waals surface area contributed by atoms with Crippen LogP contribution in [0.4, 0.5) is 5.82 Å². The highest BCUT2D eigenvalue weighted by atomic mass is 16.4. The predicted octanol–water partition coefficient (Wildman–Crippen LogP) is 1.52. The molecule has 0 aliphatic carbocycles. The van der Waals surface area contributed by atoms with Gasteiger partial charge < -0.3 is 20.0 Å². The summed E-state index contributed by atoms with van der Waals surface area (Å²) in [5, 5.41) is 19.0. The van der Waals surface area contributed by atoms with E-state index in [0.717, 1.165) is 19.5 Å². The van der Waals surface area contributed by atoms with Crippen LogP contribution in [-0.4, -0.2) is 42.7 Å². The monoisotopic (exact) mass is 403 g/mol. The minimum atomic E-state index is -1.18. The summed E-state index contributed by atoms with van der Waals surface area (Å²) in [6, 6.07) is 19.2. The summed E-state index contributed by atoms with van der Waals surface area (Å²) in [7, 11) is 2.30. The molecule has 1 aromatic heterocycles. The molecule has 2 aliphatic heterocycles. The molecule has 3 heterocycles. The Morgan fingerprint density at radius 3 is 2.60 bits per heavy atom. The number of pyridine rings is 1. The molecule has 2 atom stereocenters. The molecule has 0 bridgehead atoms. The summed E-state index contributed by atoms with van der Waals surface area (Å²) in [4.78, 5) is 19.0. The second-order valence-corrected chi connectivity index (χ2v) is 7.78. The Balaban J connectivity index is 0.000000185. The van der Waals surface area contributed by atoms with E-state index in [1.165, 1.54) is 53.3 Å². The van der Waals surface area contributed by atoms with Gasteiger partial charge in [-0.05, 0) is 28.8 Å². The molecular weight excluding hydrogens is 378 g/mol. The Labute approximate surface area is 176 Å². The van der Waals surface area contributed by atoms with Crippen LogP contribution in [0.15, 0.2) is 66.9 Å². The molecule has 1 saturated heterocycles. The van der Waals surface area contributed by atoms with Crippen LogP contribution in [-0.2, 0) is 6.42 Å². The van der Waals surface area contributed by atoms with Crippen molar-refractivity contribution < 1.29 is 19.9 Å². The zero-order valence-corrected chi connectivity index (χ0v) is 16.9. The van der Waals surface area contributed by atoms with E-state index in [1.807, 2.05) is 6.20 Å². The molecule has 6 nitrogen and oxygen atoms in total. The highest BCUT2D eigenvalue weighted by Crippen LogP contribution is 2.35. The van der Waals surface area contributed by atoms with Crippen LogP contribution >= 0.6 is 0 Å². The third-order valence-corrected chi connectivity index (χ3v) is 5.75. The first-order valence-corrected chi connectivity index (χ1v) is 10.1. The van der Waals surface area contributed by atoms with Gasteiger partial charge in [-0.25, -0.2) is 9.78 Å². The van der Waals surface area contributed by atoms with Gasteiger partial charge in [0.05, 0.1) is 25.7 Å². The highest BCUT2D eigenvalue weighted by molar-refractivity contribution is 5.90. The second-order valence-electron chi connectivity index (χ2n) is 7.78. The molecule has 0 amide bonds. The summed E-state index contributed by atoms with van der Waals surface area (Å²) < 4.78 is 0. The molecule has 154 valence electrons. The first kappa shape index (κ1) is 19.9. The van der Waals surface area contributed by atoms with Crippen molar-refractivity contribution >= 4 is 11.8 Å². The number of quaternary nitrogens is 1. The van der Waals surface area contributed by atoms with Crippen molar-refractivity contribution in [2.75, 3.05) is 31.6 Å². The molecule has 30 heavy (non-hydrogen) atoms. The molecule has 1 fully saturated rings.